The van der Waals surface area contributed by atoms with Crippen LogP contribution >= 0.6 is 35.4 Å². The first-order chi connectivity index (χ1) is 15.5. The number of thiocarbonyl (C=S) groups is 1. The normalized spacial score (nSPS) is 18.4. The van der Waals surface area contributed by atoms with Gasteiger partial charge in [0.15, 0.2) is 10.9 Å². The molecule has 9 nitrogen and oxygen atoms in total. The number of carbonyl (C=O) groups is 1. The Balaban J connectivity index is 1.79. The van der Waals surface area contributed by atoms with Crippen LogP contribution in [0.5, 0.6) is 5.75 Å². The van der Waals surface area contributed by atoms with Crippen LogP contribution in [0.1, 0.15) is 12.8 Å². The van der Waals surface area contributed by atoms with Gasteiger partial charge >= 0.3 is 0 Å². The van der Waals surface area contributed by atoms with Gasteiger partial charge in [0.2, 0.25) is 5.91 Å². The highest BCUT2D eigenvalue weighted by Gasteiger charge is 2.31. The summed E-state index contributed by atoms with van der Waals surface area (Å²) in [5.41, 5.74) is 0.00852. The zero-order chi connectivity index (χ0) is 24.3. The lowest BCUT2D eigenvalue weighted by Gasteiger charge is -2.30. The lowest BCUT2D eigenvalue weighted by molar-refractivity contribution is -0.854. The van der Waals surface area contributed by atoms with Crippen LogP contribution in [0.4, 0.5) is 15.8 Å². The van der Waals surface area contributed by atoms with E-state index >= 15 is 0 Å². The number of hydroxylamine groups is 2. The second kappa shape index (κ2) is 10.4. The van der Waals surface area contributed by atoms with E-state index in [0.717, 1.165) is 6.07 Å². The minimum Gasteiger partial charge on any atom is -0.634 e. The molecule has 1 aliphatic heterocycles. The van der Waals surface area contributed by atoms with E-state index in [9.17, 15) is 27.9 Å². The van der Waals surface area contributed by atoms with E-state index in [2.05, 4.69) is 10.6 Å². The molecule has 1 aliphatic rings. The molecule has 1 fully saturated rings. The van der Waals surface area contributed by atoms with Crippen molar-refractivity contribution in [2.24, 2.45) is 5.92 Å². The van der Waals surface area contributed by atoms with Gasteiger partial charge in [-0.1, -0.05) is 29.3 Å². The fourth-order valence-electron chi connectivity index (χ4n) is 3.25. The Morgan fingerprint density at radius 2 is 1.79 bits per heavy atom. The first-order valence-electron chi connectivity index (χ1n) is 9.61. The summed E-state index contributed by atoms with van der Waals surface area (Å²) in [6.07, 6.45) is 0.480. The molecule has 1 amide bonds. The predicted molar refractivity (Wildman–Crippen MR) is 126 cm³/mol. The standard InChI is InChI=1S/C19H19Cl2FN4O5S2/c20-11-4-5-14(24-19(32)23-13-3-1-2-12(22)15(13)21)16(27)17(11)33(30,31)25-18(28)10-6-8-26(29)9-7-10/h1-5,10,26-27H,6-9H2,(H,25,28)(H2,23,24,32). The van der Waals surface area contributed by atoms with Crippen molar-refractivity contribution in [1.29, 1.82) is 0 Å². The Hall–Kier alpha value is -2.22. The maximum Gasteiger partial charge on any atom is 0.269 e. The van der Waals surface area contributed by atoms with E-state index in [4.69, 9.17) is 35.4 Å². The number of rotatable bonds is 5. The SMILES string of the molecule is O=C(NS(=O)(=O)c1c(Cl)ccc(NC(=S)Nc2cccc(F)c2Cl)c1O)C1CC[NH+]([O-])CC1. The molecule has 0 radical (unpaired) electrons. The lowest BCUT2D eigenvalue weighted by atomic mass is 9.97. The number of amides is 1. The molecule has 0 spiro atoms. The maximum atomic E-state index is 13.6. The molecule has 0 atom stereocenters. The van der Waals surface area contributed by atoms with Crippen molar-refractivity contribution in [3.63, 3.8) is 0 Å². The van der Waals surface area contributed by atoms with Crippen LogP contribution in [-0.4, -0.2) is 37.6 Å². The summed E-state index contributed by atoms with van der Waals surface area (Å²) in [5, 5.41) is 26.5. The Kier molecular flexibility index (Phi) is 7.98. The average molecular weight is 537 g/mol. The van der Waals surface area contributed by atoms with Gasteiger partial charge in [0.1, 0.15) is 10.7 Å². The van der Waals surface area contributed by atoms with Gasteiger partial charge in [-0.05, 0) is 36.5 Å². The number of nitrogens with one attached hydrogen (secondary N) is 4. The minimum atomic E-state index is -4.55. The fraction of sp³-hybridized carbons (Fsp3) is 0.263. The summed E-state index contributed by atoms with van der Waals surface area (Å²) in [6.45, 7) is 0.395. The Bertz CT molecular complexity index is 1190. The molecule has 3 rings (SSSR count). The van der Waals surface area contributed by atoms with Crippen molar-refractivity contribution in [3.8, 4) is 5.75 Å². The van der Waals surface area contributed by atoms with Crippen molar-refractivity contribution in [1.82, 2.24) is 4.72 Å². The van der Waals surface area contributed by atoms with Gasteiger partial charge in [0.05, 0.1) is 34.5 Å². The van der Waals surface area contributed by atoms with E-state index in [1.54, 1.807) is 0 Å². The van der Waals surface area contributed by atoms with Crippen molar-refractivity contribution < 1.29 is 27.8 Å². The number of hydrogen-bond acceptors (Lipinski definition) is 6. The molecular formula is C19H19Cl2FN4O5S2. The zero-order valence-corrected chi connectivity index (χ0v) is 20.0. The second-order valence-corrected chi connectivity index (χ2v) is 10.0. The Morgan fingerprint density at radius 3 is 2.45 bits per heavy atom. The molecule has 14 heteroatoms. The molecule has 0 unspecified atom stereocenters. The van der Waals surface area contributed by atoms with Crippen molar-refractivity contribution in [2.75, 3.05) is 23.7 Å². The van der Waals surface area contributed by atoms with E-state index in [1.807, 2.05) is 4.72 Å². The third kappa shape index (κ3) is 6.02. The molecule has 0 saturated carbocycles. The number of aromatic hydroxyl groups is 1. The van der Waals surface area contributed by atoms with E-state index < -0.39 is 38.3 Å². The van der Waals surface area contributed by atoms with Gasteiger partial charge in [-0.3, -0.25) is 4.79 Å². The molecule has 5 N–H and O–H groups in total. The van der Waals surface area contributed by atoms with Crippen molar-refractivity contribution in [3.05, 3.63) is 51.4 Å². The average Bonchev–Trinajstić information content (AvgIpc) is 2.73. The summed E-state index contributed by atoms with van der Waals surface area (Å²) in [4.78, 5) is 11.7. The first-order valence-corrected chi connectivity index (χ1v) is 12.3. The van der Waals surface area contributed by atoms with Crippen LogP contribution in [0.3, 0.4) is 0 Å². The fourth-order valence-corrected chi connectivity index (χ4v) is 5.32. The molecular weight excluding hydrogens is 518 g/mol. The van der Waals surface area contributed by atoms with E-state index in [1.165, 1.54) is 24.3 Å². The summed E-state index contributed by atoms with van der Waals surface area (Å²) < 4.78 is 41.2. The van der Waals surface area contributed by atoms with Crippen LogP contribution in [0.2, 0.25) is 10.0 Å². The lowest BCUT2D eigenvalue weighted by Crippen LogP contribution is -3.08. The number of carbonyl (C=O) groups excluding carboxylic acids is 1. The molecule has 1 saturated heterocycles. The Morgan fingerprint density at radius 1 is 1.15 bits per heavy atom. The predicted octanol–water partition coefficient (Wildman–Crippen LogP) is 2.24. The van der Waals surface area contributed by atoms with Crippen molar-refractivity contribution >= 4 is 67.8 Å². The molecule has 2 aromatic carbocycles. The number of hydrogen-bond donors (Lipinski definition) is 5. The quantitative estimate of drug-likeness (QED) is 0.223. The van der Waals surface area contributed by atoms with Crippen LogP contribution < -0.4 is 20.4 Å². The smallest absolute Gasteiger partial charge is 0.269 e. The zero-order valence-electron chi connectivity index (χ0n) is 16.8. The topological polar surface area (TPSA) is 135 Å². The number of piperidine rings is 1. The van der Waals surface area contributed by atoms with Crippen LogP contribution in [0, 0.1) is 16.9 Å². The van der Waals surface area contributed by atoms with Crippen LogP contribution in [-0.2, 0) is 14.8 Å². The van der Waals surface area contributed by atoms with Crippen LogP contribution in [0.25, 0.3) is 0 Å². The molecule has 178 valence electrons. The van der Waals surface area contributed by atoms with Crippen molar-refractivity contribution in [2.45, 2.75) is 17.7 Å². The van der Waals surface area contributed by atoms with Gasteiger partial charge in [-0.25, -0.2) is 17.5 Å². The van der Waals surface area contributed by atoms with E-state index in [0.29, 0.717) is 0 Å². The Labute approximate surface area is 204 Å². The highest BCUT2D eigenvalue weighted by atomic mass is 35.5. The van der Waals surface area contributed by atoms with Gasteiger partial charge in [-0.15, -0.1) is 0 Å². The number of sulfonamides is 1. The maximum absolute atomic E-state index is 13.6. The first kappa shape index (κ1) is 25.4. The highest BCUT2D eigenvalue weighted by molar-refractivity contribution is 7.90. The molecule has 33 heavy (non-hydrogen) atoms. The number of quaternary nitrogens is 1. The third-order valence-electron chi connectivity index (χ3n) is 4.95. The summed E-state index contributed by atoms with van der Waals surface area (Å²) >= 11 is 17.0. The number of halogens is 3. The summed E-state index contributed by atoms with van der Waals surface area (Å²) in [6, 6.07) is 6.49. The minimum absolute atomic E-state index is 0.0190. The molecule has 0 aromatic heterocycles. The monoisotopic (exact) mass is 536 g/mol. The molecule has 0 bridgehead atoms. The van der Waals surface area contributed by atoms with Gasteiger partial charge in [0, 0.05) is 18.8 Å². The van der Waals surface area contributed by atoms with E-state index in [-0.39, 0.29) is 57.5 Å². The summed E-state index contributed by atoms with van der Waals surface area (Å²) in [5.74, 6) is -2.89. The number of phenols is 1. The van der Waals surface area contributed by atoms with Gasteiger partial charge < -0.3 is 26.0 Å². The number of benzene rings is 2. The second-order valence-electron chi connectivity index (χ2n) is 7.24. The molecule has 1 heterocycles. The molecule has 0 aliphatic carbocycles. The van der Waals surface area contributed by atoms with Gasteiger partial charge in [0.25, 0.3) is 10.0 Å². The largest absolute Gasteiger partial charge is 0.634 e. The molecule has 2 aromatic rings. The number of anilines is 2. The van der Waals surface area contributed by atoms with Gasteiger partial charge in [-0.2, -0.15) is 0 Å². The van der Waals surface area contributed by atoms with Crippen LogP contribution in [0.15, 0.2) is 35.2 Å². The highest BCUT2D eigenvalue weighted by Crippen LogP contribution is 2.37. The number of phenolic OH excluding ortho intramolecular Hbond substituents is 1. The summed E-state index contributed by atoms with van der Waals surface area (Å²) in [7, 11) is -4.55. The third-order valence-corrected chi connectivity index (χ3v) is 7.39.